The maximum absolute atomic E-state index is 13.2. The van der Waals surface area contributed by atoms with Crippen LogP contribution in [0, 0.1) is 0 Å². The van der Waals surface area contributed by atoms with Crippen molar-refractivity contribution < 1.29 is 4.79 Å². The van der Waals surface area contributed by atoms with E-state index in [4.69, 9.17) is 12.2 Å². The van der Waals surface area contributed by atoms with Crippen molar-refractivity contribution in [2.45, 2.75) is 5.92 Å². The lowest BCUT2D eigenvalue weighted by Gasteiger charge is -2.18. The number of thiocarbonyl (C=S) groups is 1. The molecule has 0 saturated carbocycles. The Morgan fingerprint density at radius 3 is 1.61 bits per heavy atom. The number of hydrogen-bond donors (Lipinski definition) is 2. The maximum atomic E-state index is 13.2. The fourth-order valence-electron chi connectivity index (χ4n) is 3.35. The molecule has 0 aliphatic rings. The number of benzene rings is 4. The van der Waals surface area contributed by atoms with E-state index >= 15 is 0 Å². The largest absolute Gasteiger partial charge is 0.332 e. The predicted molar refractivity (Wildman–Crippen MR) is 136 cm³/mol. The Bertz CT molecular complexity index is 1190. The first-order valence-electron chi connectivity index (χ1n) is 10.5. The van der Waals surface area contributed by atoms with E-state index in [9.17, 15) is 4.79 Å². The molecule has 33 heavy (non-hydrogen) atoms. The normalized spacial score (nSPS) is 10.8. The third-order valence-corrected chi connectivity index (χ3v) is 5.13. The van der Waals surface area contributed by atoms with Crippen LogP contribution in [0.3, 0.4) is 0 Å². The first-order chi connectivity index (χ1) is 16.2. The SMILES string of the molecule is O=C(NC(=S)Nc1ccc(N=Nc2ccccc2)cc1)C(c1ccccc1)c1ccccc1. The van der Waals surface area contributed by atoms with E-state index in [-0.39, 0.29) is 11.0 Å². The molecule has 0 unspecified atom stereocenters. The second-order valence-electron chi connectivity index (χ2n) is 7.28. The van der Waals surface area contributed by atoms with Crippen molar-refractivity contribution in [3.05, 3.63) is 126 Å². The molecular formula is C27H22N4OS. The highest BCUT2D eigenvalue weighted by Crippen LogP contribution is 2.25. The summed E-state index contributed by atoms with van der Waals surface area (Å²) in [6.07, 6.45) is 0. The molecular weight excluding hydrogens is 428 g/mol. The number of anilines is 1. The van der Waals surface area contributed by atoms with Gasteiger partial charge in [0, 0.05) is 5.69 Å². The third-order valence-electron chi connectivity index (χ3n) is 4.93. The van der Waals surface area contributed by atoms with Gasteiger partial charge in [-0.3, -0.25) is 4.79 Å². The van der Waals surface area contributed by atoms with E-state index in [1.807, 2.05) is 115 Å². The molecule has 2 N–H and O–H groups in total. The summed E-state index contributed by atoms with van der Waals surface area (Å²) in [5.41, 5.74) is 4.05. The average molecular weight is 451 g/mol. The van der Waals surface area contributed by atoms with Gasteiger partial charge in [0.15, 0.2) is 5.11 Å². The number of nitrogens with zero attached hydrogens (tertiary/aromatic N) is 2. The highest BCUT2D eigenvalue weighted by atomic mass is 32.1. The molecule has 0 atom stereocenters. The van der Waals surface area contributed by atoms with E-state index in [0.29, 0.717) is 5.69 Å². The number of azo groups is 1. The fourth-order valence-corrected chi connectivity index (χ4v) is 3.57. The number of amides is 1. The molecule has 0 radical (unpaired) electrons. The Morgan fingerprint density at radius 2 is 1.09 bits per heavy atom. The lowest BCUT2D eigenvalue weighted by atomic mass is 9.90. The Labute approximate surface area is 198 Å². The van der Waals surface area contributed by atoms with Crippen LogP contribution in [0.2, 0.25) is 0 Å². The van der Waals surface area contributed by atoms with Crippen molar-refractivity contribution in [2.24, 2.45) is 10.2 Å². The molecule has 0 aliphatic heterocycles. The van der Waals surface area contributed by atoms with E-state index in [1.165, 1.54) is 0 Å². The van der Waals surface area contributed by atoms with Crippen molar-refractivity contribution in [1.29, 1.82) is 0 Å². The van der Waals surface area contributed by atoms with Crippen molar-refractivity contribution in [2.75, 3.05) is 5.32 Å². The molecule has 0 saturated heterocycles. The van der Waals surface area contributed by atoms with Gasteiger partial charge in [0.1, 0.15) is 0 Å². The zero-order chi connectivity index (χ0) is 22.9. The van der Waals surface area contributed by atoms with Crippen molar-refractivity contribution in [3.63, 3.8) is 0 Å². The molecule has 6 heteroatoms. The molecule has 162 valence electrons. The van der Waals surface area contributed by atoms with Gasteiger partial charge in [-0.2, -0.15) is 10.2 Å². The summed E-state index contributed by atoms with van der Waals surface area (Å²) >= 11 is 5.39. The monoisotopic (exact) mass is 450 g/mol. The molecule has 0 fully saturated rings. The second kappa shape index (κ2) is 10.9. The predicted octanol–water partition coefficient (Wildman–Crippen LogP) is 6.75. The number of nitrogens with one attached hydrogen (secondary N) is 2. The van der Waals surface area contributed by atoms with Crippen LogP contribution >= 0.6 is 12.2 Å². The zero-order valence-electron chi connectivity index (χ0n) is 17.8. The minimum Gasteiger partial charge on any atom is -0.332 e. The molecule has 0 aromatic heterocycles. The van der Waals surface area contributed by atoms with Crippen molar-refractivity contribution >= 4 is 40.3 Å². The summed E-state index contributed by atoms with van der Waals surface area (Å²) < 4.78 is 0. The second-order valence-corrected chi connectivity index (χ2v) is 7.69. The van der Waals surface area contributed by atoms with Crippen LogP contribution in [0.4, 0.5) is 17.1 Å². The van der Waals surface area contributed by atoms with Gasteiger partial charge in [-0.1, -0.05) is 78.9 Å². The summed E-state index contributed by atoms with van der Waals surface area (Å²) in [6.45, 7) is 0. The van der Waals surface area contributed by atoms with Crippen LogP contribution in [0.15, 0.2) is 125 Å². The third kappa shape index (κ3) is 6.18. The number of hydrogen-bond acceptors (Lipinski definition) is 4. The summed E-state index contributed by atoms with van der Waals surface area (Å²) in [5.74, 6) is -0.661. The average Bonchev–Trinajstić information content (AvgIpc) is 2.86. The van der Waals surface area contributed by atoms with Crippen LogP contribution in [-0.2, 0) is 4.79 Å². The Morgan fingerprint density at radius 1 is 0.636 bits per heavy atom. The summed E-state index contributed by atoms with van der Waals surface area (Å²) in [7, 11) is 0. The van der Waals surface area contributed by atoms with Gasteiger partial charge in [0.05, 0.1) is 17.3 Å². The molecule has 4 aromatic rings. The van der Waals surface area contributed by atoms with Crippen molar-refractivity contribution in [3.8, 4) is 0 Å². The van der Waals surface area contributed by atoms with Crippen LogP contribution in [0.5, 0.6) is 0 Å². The summed E-state index contributed by atoms with van der Waals surface area (Å²) in [6, 6.07) is 36.2. The number of rotatable bonds is 6. The van der Waals surface area contributed by atoms with Crippen LogP contribution < -0.4 is 10.6 Å². The zero-order valence-corrected chi connectivity index (χ0v) is 18.6. The van der Waals surface area contributed by atoms with Crippen LogP contribution in [-0.4, -0.2) is 11.0 Å². The van der Waals surface area contributed by atoms with E-state index in [0.717, 1.165) is 22.5 Å². The van der Waals surface area contributed by atoms with Gasteiger partial charge >= 0.3 is 0 Å². The highest BCUT2D eigenvalue weighted by Gasteiger charge is 2.23. The molecule has 0 bridgehead atoms. The Balaban J connectivity index is 1.41. The number of carbonyl (C=O) groups is 1. The molecule has 0 spiro atoms. The first-order valence-corrected chi connectivity index (χ1v) is 10.9. The molecule has 0 aliphatic carbocycles. The van der Waals surface area contributed by atoms with Crippen LogP contribution in [0.25, 0.3) is 0 Å². The summed E-state index contributed by atoms with van der Waals surface area (Å²) in [5, 5.41) is 14.6. The van der Waals surface area contributed by atoms with Gasteiger partial charge in [-0.05, 0) is 59.7 Å². The van der Waals surface area contributed by atoms with Crippen molar-refractivity contribution in [1.82, 2.24) is 5.32 Å². The lowest BCUT2D eigenvalue weighted by Crippen LogP contribution is -2.37. The van der Waals surface area contributed by atoms with Gasteiger partial charge in [0.2, 0.25) is 5.91 Å². The van der Waals surface area contributed by atoms with E-state index in [1.54, 1.807) is 0 Å². The Kier molecular flexibility index (Phi) is 7.30. The van der Waals surface area contributed by atoms with Gasteiger partial charge in [0.25, 0.3) is 0 Å². The molecule has 5 nitrogen and oxygen atoms in total. The molecule has 4 aromatic carbocycles. The smallest absolute Gasteiger partial charge is 0.238 e. The fraction of sp³-hybridized carbons (Fsp3) is 0.0370. The van der Waals surface area contributed by atoms with Gasteiger partial charge in [-0.15, -0.1) is 0 Å². The van der Waals surface area contributed by atoms with E-state index < -0.39 is 5.92 Å². The first kappa shape index (κ1) is 22.0. The topological polar surface area (TPSA) is 65.8 Å². The molecule has 1 amide bonds. The van der Waals surface area contributed by atoms with E-state index in [2.05, 4.69) is 20.9 Å². The van der Waals surface area contributed by atoms with Gasteiger partial charge in [-0.25, -0.2) is 0 Å². The minimum absolute atomic E-state index is 0.196. The highest BCUT2D eigenvalue weighted by molar-refractivity contribution is 7.80. The minimum atomic E-state index is -0.465. The maximum Gasteiger partial charge on any atom is 0.238 e. The van der Waals surface area contributed by atoms with Crippen LogP contribution in [0.1, 0.15) is 17.0 Å². The van der Waals surface area contributed by atoms with Gasteiger partial charge < -0.3 is 10.6 Å². The quantitative estimate of drug-likeness (QED) is 0.252. The molecule has 4 rings (SSSR count). The standard InChI is InChI=1S/C27H22N4OS/c32-26(25(20-10-4-1-5-11-20)21-12-6-2-7-13-21)29-27(33)28-22-16-18-24(19-17-22)31-30-23-14-8-3-9-15-23/h1-19,25H,(H2,28,29,32,33). The Hall–Kier alpha value is -4.16. The number of carbonyl (C=O) groups excluding carboxylic acids is 1. The summed E-state index contributed by atoms with van der Waals surface area (Å²) in [4.78, 5) is 13.2. The molecule has 0 heterocycles. The lowest BCUT2D eigenvalue weighted by molar-refractivity contribution is -0.120.